The molecule has 0 aliphatic carbocycles. The normalized spacial score (nSPS) is 24.8. The van der Waals surface area contributed by atoms with Crippen molar-refractivity contribution in [3.05, 3.63) is 29.3 Å². The van der Waals surface area contributed by atoms with Crippen molar-refractivity contribution < 1.29 is 37.3 Å². The maximum Gasteiger partial charge on any atom is 0.410 e. The smallest absolute Gasteiger partial charge is 0.410 e. The second kappa shape index (κ2) is 13.1. The van der Waals surface area contributed by atoms with Crippen LogP contribution >= 0.6 is 11.6 Å². The number of hydrogen-bond donors (Lipinski definition) is 1. The van der Waals surface area contributed by atoms with E-state index in [1.54, 1.807) is 24.3 Å². The average molecular weight is 562 g/mol. The fraction of sp³-hybridized carbons (Fsp3) is 0.667. The van der Waals surface area contributed by atoms with Gasteiger partial charge in [0.2, 0.25) is 0 Å². The molecule has 0 aromatic heterocycles. The van der Waals surface area contributed by atoms with Crippen molar-refractivity contribution in [1.29, 1.82) is 0 Å². The maximum atomic E-state index is 13.5. The number of carboxylic acids is 1. The van der Waals surface area contributed by atoms with Gasteiger partial charge in [-0.25, -0.2) is 4.79 Å². The standard InChI is InChI=1S/C22H30ClN3O8S.C2H6/c1-32-12-13-33-22(29)26-16-4-7-19(26)20(21(27)28)25(14-16)35(30,31)24-10-8-18(9-11-24)34-17-5-2-15(23)3-6-17;1-2/h2-3,5-6,16,18-20H,4,7-14H2,1H3,(H,27,28);1-2H3/t16-,19?,20?;/m1./s1. The number of halogens is 1. The molecule has 3 heterocycles. The molecule has 4 rings (SSSR count). The van der Waals surface area contributed by atoms with Crippen molar-refractivity contribution in [2.75, 3.05) is 40.0 Å². The molecule has 0 saturated carbocycles. The number of carbonyl (C=O) groups is 2. The molecule has 11 nitrogen and oxygen atoms in total. The molecule has 1 aromatic rings. The molecule has 208 valence electrons. The van der Waals surface area contributed by atoms with E-state index in [-0.39, 0.29) is 39.0 Å². The molecule has 3 aliphatic rings. The Morgan fingerprint density at radius 3 is 2.30 bits per heavy atom. The van der Waals surface area contributed by atoms with E-state index in [1.807, 2.05) is 13.8 Å². The number of piperazine rings is 1. The van der Waals surface area contributed by atoms with Crippen LogP contribution in [0.1, 0.15) is 39.5 Å². The zero-order valence-corrected chi connectivity index (χ0v) is 23.0. The highest BCUT2D eigenvalue weighted by Crippen LogP contribution is 2.37. The molecule has 3 atom stereocenters. The first-order valence-electron chi connectivity index (χ1n) is 12.6. The van der Waals surface area contributed by atoms with E-state index in [0.29, 0.717) is 36.5 Å². The molecule has 37 heavy (non-hydrogen) atoms. The second-order valence-electron chi connectivity index (χ2n) is 8.84. The SMILES string of the molecule is CC.COCCOC(=O)N1C2CC[C@@H]1CN(S(=O)(=O)N1CCC(Oc3ccc(Cl)cc3)CC1)C2C(=O)O. The maximum absolute atomic E-state index is 13.5. The first-order valence-corrected chi connectivity index (χ1v) is 14.4. The molecule has 1 aromatic carbocycles. The first kappa shape index (κ1) is 29.4. The molecular formula is C24H36ClN3O8S. The highest BCUT2D eigenvalue weighted by molar-refractivity contribution is 7.86. The van der Waals surface area contributed by atoms with Crippen molar-refractivity contribution in [2.24, 2.45) is 0 Å². The van der Waals surface area contributed by atoms with Crippen LogP contribution < -0.4 is 4.74 Å². The van der Waals surface area contributed by atoms with E-state index in [4.69, 9.17) is 25.8 Å². The number of methoxy groups -OCH3 is 1. The largest absolute Gasteiger partial charge is 0.490 e. The Balaban J connectivity index is 0.00000186. The fourth-order valence-electron chi connectivity index (χ4n) is 5.05. The third kappa shape index (κ3) is 6.66. The molecule has 1 amide bonds. The molecule has 1 N–H and O–H groups in total. The number of aliphatic carboxylic acids is 1. The fourth-order valence-corrected chi connectivity index (χ4v) is 7.02. The van der Waals surface area contributed by atoms with Gasteiger partial charge in [0.15, 0.2) is 0 Å². The van der Waals surface area contributed by atoms with Gasteiger partial charge in [0.1, 0.15) is 24.5 Å². The molecule has 3 aliphatic heterocycles. The number of carbonyl (C=O) groups excluding carboxylic acids is 1. The zero-order valence-electron chi connectivity index (χ0n) is 21.4. The Hall–Kier alpha value is -2.12. The molecule has 0 radical (unpaired) electrons. The minimum atomic E-state index is -4.06. The lowest BCUT2D eigenvalue weighted by Gasteiger charge is -2.45. The molecule has 2 bridgehead atoms. The summed E-state index contributed by atoms with van der Waals surface area (Å²) in [5.74, 6) is -0.624. The molecule has 2 unspecified atom stereocenters. The number of piperidine rings is 1. The zero-order chi connectivity index (χ0) is 27.2. The van der Waals surface area contributed by atoms with Gasteiger partial charge in [0.25, 0.3) is 10.2 Å². The Kier molecular flexibility index (Phi) is 10.4. The van der Waals surface area contributed by atoms with Gasteiger partial charge in [-0.1, -0.05) is 25.4 Å². The summed E-state index contributed by atoms with van der Waals surface area (Å²) in [6, 6.07) is 4.37. The lowest BCUT2D eigenvalue weighted by molar-refractivity contribution is -0.145. The van der Waals surface area contributed by atoms with Crippen molar-refractivity contribution in [1.82, 2.24) is 13.5 Å². The minimum Gasteiger partial charge on any atom is -0.490 e. The molecule has 0 spiro atoms. The second-order valence-corrected chi connectivity index (χ2v) is 11.2. The van der Waals surface area contributed by atoms with Gasteiger partial charge in [0, 0.05) is 37.8 Å². The summed E-state index contributed by atoms with van der Waals surface area (Å²) in [6.45, 7) is 4.59. The number of fused-ring (bicyclic) bond motifs is 2. The van der Waals surface area contributed by atoms with E-state index in [0.717, 1.165) is 4.31 Å². The van der Waals surface area contributed by atoms with Gasteiger partial charge >= 0.3 is 12.1 Å². The van der Waals surface area contributed by atoms with Gasteiger partial charge < -0.3 is 19.3 Å². The van der Waals surface area contributed by atoms with E-state index >= 15 is 0 Å². The minimum absolute atomic E-state index is 0.0397. The van der Waals surface area contributed by atoms with Crippen LogP contribution in [0, 0.1) is 0 Å². The Morgan fingerprint density at radius 1 is 1.05 bits per heavy atom. The number of hydrogen-bond acceptors (Lipinski definition) is 7. The molecule has 3 saturated heterocycles. The number of benzene rings is 1. The first-order chi connectivity index (χ1) is 17.7. The third-order valence-corrected chi connectivity index (χ3v) is 8.97. The topological polar surface area (TPSA) is 126 Å². The lowest BCUT2D eigenvalue weighted by Crippen LogP contribution is -2.67. The quantitative estimate of drug-likeness (QED) is 0.480. The molecule has 13 heteroatoms. The third-order valence-electron chi connectivity index (χ3n) is 6.73. The van der Waals surface area contributed by atoms with Gasteiger partial charge in [-0.15, -0.1) is 0 Å². The summed E-state index contributed by atoms with van der Waals surface area (Å²) < 4.78 is 45.5. The van der Waals surface area contributed by atoms with Crippen LogP contribution in [-0.2, 0) is 24.5 Å². The van der Waals surface area contributed by atoms with Crippen LogP contribution in [0.5, 0.6) is 5.75 Å². The van der Waals surface area contributed by atoms with E-state index in [1.165, 1.54) is 16.3 Å². The number of rotatable bonds is 8. The number of nitrogens with zero attached hydrogens (tertiary/aromatic N) is 3. The van der Waals surface area contributed by atoms with E-state index < -0.39 is 40.4 Å². The van der Waals surface area contributed by atoms with Crippen LogP contribution in [0.2, 0.25) is 5.02 Å². The van der Waals surface area contributed by atoms with Crippen molar-refractivity contribution in [2.45, 2.75) is 63.8 Å². The predicted octanol–water partition coefficient (Wildman–Crippen LogP) is 2.84. The Labute approximate surface area is 223 Å². The van der Waals surface area contributed by atoms with Gasteiger partial charge in [-0.3, -0.25) is 9.69 Å². The summed E-state index contributed by atoms with van der Waals surface area (Å²) in [4.78, 5) is 26.3. The monoisotopic (exact) mass is 561 g/mol. The highest BCUT2D eigenvalue weighted by atomic mass is 35.5. The number of ether oxygens (including phenoxy) is 3. The van der Waals surface area contributed by atoms with Crippen LogP contribution in [0.25, 0.3) is 0 Å². The van der Waals surface area contributed by atoms with Crippen LogP contribution in [0.15, 0.2) is 24.3 Å². The lowest BCUT2D eigenvalue weighted by atomic mass is 10.1. The van der Waals surface area contributed by atoms with Gasteiger partial charge in [-0.2, -0.15) is 17.0 Å². The van der Waals surface area contributed by atoms with E-state index in [2.05, 4.69) is 0 Å². The summed E-state index contributed by atoms with van der Waals surface area (Å²) in [7, 11) is -2.58. The summed E-state index contributed by atoms with van der Waals surface area (Å²) in [5.41, 5.74) is 0. The average Bonchev–Trinajstić information content (AvgIpc) is 3.19. The molecular weight excluding hydrogens is 526 g/mol. The van der Waals surface area contributed by atoms with Crippen LogP contribution in [0.3, 0.4) is 0 Å². The van der Waals surface area contributed by atoms with Crippen LogP contribution in [0.4, 0.5) is 4.79 Å². The van der Waals surface area contributed by atoms with Gasteiger partial charge in [-0.05, 0) is 49.9 Å². The van der Waals surface area contributed by atoms with Crippen molar-refractivity contribution in [3.8, 4) is 5.75 Å². The summed E-state index contributed by atoms with van der Waals surface area (Å²) >= 11 is 5.90. The highest BCUT2D eigenvalue weighted by Gasteiger charge is 2.56. The Morgan fingerprint density at radius 2 is 1.70 bits per heavy atom. The summed E-state index contributed by atoms with van der Waals surface area (Å²) in [5, 5.41) is 10.6. The van der Waals surface area contributed by atoms with Crippen molar-refractivity contribution in [3.63, 3.8) is 0 Å². The van der Waals surface area contributed by atoms with Crippen molar-refractivity contribution >= 4 is 33.9 Å². The summed E-state index contributed by atoms with van der Waals surface area (Å²) in [6.07, 6.45) is 1.04. The Bertz CT molecular complexity index is 1020. The van der Waals surface area contributed by atoms with Crippen LogP contribution in [-0.4, -0.2) is 103 Å². The number of carboxylic acid groups (broad SMARTS) is 1. The molecule has 3 fully saturated rings. The van der Waals surface area contributed by atoms with Gasteiger partial charge in [0.05, 0.1) is 12.6 Å². The number of amides is 1. The van der Waals surface area contributed by atoms with E-state index in [9.17, 15) is 23.1 Å². The predicted molar refractivity (Wildman–Crippen MR) is 137 cm³/mol.